The number of carbonyl (C=O) groups is 2. The summed E-state index contributed by atoms with van der Waals surface area (Å²) in [5.74, 6) is -1.49. The van der Waals surface area contributed by atoms with E-state index in [9.17, 15) is 9.59 Å². The van der Waals surface area contributed by atoms with E-state index in [4.69, 9.17) is 18.9 Å². The molecule has 0 unspecified atom stereocenters. The summed E-state index contributed by atoms with van der Waals surface area (Å²) >= 11 is 0. The van der Waals surface area contributed by atoms with Crippen LogP contribution in [0.5, 0.6) is 0 Å². The van der Waals surface area contributed by atoms with E-state index in [1.807, 2.05) is 42.5 Å². The summed E-state index contributed by atoms with van der Waals surface area (Å²) in [6.07, 6.45) is 4.47. The zero-order chi connectivity index (χ0) is 17.9. The molecule has 1 heterocycles. The number of carbonyl (C=O) groups excluding carboxylic acids is 2. The van der Waals surface area contributed by atoms with Gasteiger partial charge in [-0.15, -0.1) is 0 Å². The fourth-order valence-corrected chi connectivity index (χ4v) is 3.28. The number of esters is 2. The maximum absolute atomic E-state index is 12.4. The maximum atomic E-state index is 12.4. The highest BCUT2D eigenvalue weighted by molar-refractivity contribution is 5.92. The van der Waals surface area contributed by atoms with Gasteiger partial charge in [0.15, 0.2) is 11.4 Å². The molecule has 1 aliphatic heterocycles. The first-order valence-corrected chi connectivity index (χ1v) is 8.04. The number of methoxy groups -OCH3 is 2. The van der Waals surface area contributed by atoms with E-state index in [0.29, 0.717) is 12.8 Å². The van der Waals surface area contributed by atoms with Crippen molar-refractivity contribution in [1.29, 1.82) is 0 Å². The molecule has 0 aromatic heterocycles. The highest BCUT2D eigenvalue weighted by Gasteiger charge is 2.58. The van der Waals surface area contributed by atoms with Crippen LogP contribution in [-0.2, 0) is 35.1 Å². The summed E-state index contributed by atoms with van der Waals surface area (Å²) in [6, 6.07) is 9.46. The van der Waals surface area contributed by atoms with Crippen LogP contribution in [0.3, 0.4) is 0 Å². The average Bonchev–Trinajstić information content (AvgIpc) is 2.91. The monoisotopic (exact) mass is 344 g/mol. The predicted octanol–water partition coefficient (Wildman–Crippen LogP) is 2.50. The molecule has 6 nitrogen and oxygen atoms in total. The molecule has 3 rings (SSSR count). The summed E-state index contributed by atoms with van der Waals surface area (Å²) in [6.45, 7) is 0.201. The second-order valence-corrected chi connectivity index (χ2v) is 5.90. The van der Waals surface area contributed by atoms with Crippen LogP contribution in [0.2, 0.25) is 0 Å². The van der Waals surface area contributed by atoms with Crippen LogP contribution in [0.25, 0.3) is 0 Å². The fourth-order valence-electron chi connectivity index (χ4n) is 3.28. The minimum Gasteiger partial charge on any atom is -0.493 e. The molecular formula is C19H20O6. The number of rotatable bonds is 5. The Morgan fingerprint density at radius 3 is 2.68 bits per heavy atom. The van der Waals surface area contributed by atoms with Crippen LogP contribution in [0.1, 0.15) is 18.4 Å². The Hall–Kier alpha value is -2.76. The predicted molar refractivity (Wildman–Crippen MR) is 88.0 cm³/mol. The van der Waals surface area contributed by atoms with Gasteiger partial charge in [0, 0.05) is 6.42 Å². The summed E-state index contributed by atoms with van der Waals surface area (Å²) in [5.41, 5.74) is -0.299. The maximum Gasteiger partial charge on any atom is 0.378 e. The lowest BCUT2D eigenvalue weighted by molar-refractivity contribution is -0.167. The third kappa shape index (κ3) is 2.99. The van der Waals surface area contributed by atoms with Gasteiger partial charge in [-0.1, -0.05) is 42.5 Å². The van der Waals surface area contributed by atoms with Crippen molar-refractivity contribution < 1.29 is 28.5 Å². The molecule has 0 saturated carbocycles. The summed E-state index contributed by atoms with van der Waals surface area (Å²) in [4.78, 5) is 24.6. The van der Waals surface area contributed by atoms with E-state index >= 15 is 0 Å². The molecule has 2 aliphatic rings. The average molecular weight is 344 g/mol. The summed E-state index contributed by atoms with van der Waals surface area (Å²) < 4.78 is 21.7. The third-order valence-electron chi connectivity index (χ3n) is 4.49. The van der Waals surface area contributed by atoms with Crippen LogP contribution < -0.4 is 0 Å². The van der Waals surface area contributed by atoms with Gasteiger partial charge in [-0.2, -0.15) is 0 Å². The number of allylic oxidation sites excluding steroid dienone is 1. The second-order valence-electron chi connectivity index (χ2n) is 5.90. The van der Waals surface area contributed by atoms with E-state index < -0.39 is 23.5 Å². The first kappa shape index (κ1) is 17.1. The molecule has 6 heteroatoms. The Labute approximate surface area is 146 Å². The molecule has 0 amide bonds. The molecule has 1 spiro atoms. The lowest BCUT2D eigenvalue weighted by Crippen LogP contribution is -2.46. The fraction of sp³-hybridized carbons (Fsp3) is 0.368. The van der Waals surface area contributed by atoms with Gasteiger partial charge in [-0.25, -0.2) is 4.79 Å². The number of hydrogen-bond donors (Lipinski definition) is 0. The molecule has 0 saturated heterocycles. The van der Waals surface area contributed by atoms with Crippen molar-refractivity contribution in [3.63, 3.8) is 0 Å². The third-order valence-corrected chi connectivity index (χ3v) is 4.49. The van der Waals surface area contributed by atoms with Crippen LogP contribution in [0.4, 0.5) is 0 Å². The highest BCUT2D eigenvalue weighted by atomic mass is 16.6. The minimum atomic E-state index is -1.21. The van der Waals surface area contributed by atoms with Crippen molar-refractivity contribution in [2.75, 3.05) is 14.2 Å². The van der Waals surface area contributed by atoms with Gasteiger partial charge in [0.1, 0.15) is 12.5 Å². The van der Waals surface area contributed by atoms with E-state index in [2.05, 4.69) is 0 Å². The summed E-state index contributed by atoms with van der Waals surface area (Å²) in [5, 5.41) is 0. The van der Waals surface area contributed by atoms with Crippen LogP contribution in [0.15, 0.2) is 54.0 Å². The van der Waals surface area contributed by atoms with Crippen molar-refractivity contribution in [3.8, 4) is 0 Å². The highest BCUT2D eigenvalue weighted by Crippen LogP contribution is 2.46. The molecule has 0 bridgehead atoms. The Morgan fingerprint density at radius 2 is 2.00 bits per heavy atom. The first-order chi connectivity index (χ1) is 12.1. The Morgan fingerprint density at radius 1 is 1.24 bits per heavy atom. The molecule has 132 valence electrons. The van der Waals surface area contributed by atoms with Gasteiger partial charge in [0.2, 0.25) is 5.76 Å². The van der Waals surface area contributed by atoms with E-state index in [1.54, 1.807) is 0 Å². The minimum absolute atomic E-state index is 0.00977. The largest absolute Gasteiger partial charge is 0.493 e. The van der Waals surface area contributed by atoms with E-state index in [-0.39, 0.29) is 18.1 Å². The molecule has 0 radical (unpaired) electrons. The lowest BCUT2D eigenvalue weighted by atomic mass is 9.77. The van der Waals surface area contributed by atoms with Crippen molar-refractivity contribution in [2.45, 2.75) is 25.0 Å². The number of ether oxygens (including phenoxy) is 4. The Balaban J connectivity index is 1.93. The van der Waals surface area contributed by atoms with Crippen LogP contribution in [-0.4, -0.2) is 31.8 Å². The van der Waals surface area contributed by atoms with Gasteiger partial charge in [-0.3, -0.25) is 4.79 Å². The molecule has 1 aromatic rings. The van der Waals surface area contributed by atoms with Crippen molar-refractivity contribution in [3.05, 3.63) is 59.6 Å². The lowest BCUT2D eigenvalue weighted by Gasteiger charge is -2.36. The smallest absolute Gasteiger partial charge is 0.378 e. The first-order valence-electron chi connectivity index (χ1n) is 8.04. The quantitative estimate of drug-likeness (QED) is 0.604. The van der Waals surface area contributed by atoms with Gasteiger partial charge >= 0.3 is 11.9 Å². The van der Waals surface area contributed by atoms with Crippen LogP contribution >= 0.6 is 0 Å². The zero-order valence-electron chi connectivity index (χ0n) is 14.2. The zero-order valence-corrected chi connectivity index (χ0v) is 14.2. The summed E-state index contributed by atoms with van der Waals surface area (Å²) in [7, 11) is 2.76. The van der Waals surface area contributed by atoms with Gasteiger partial charge in [0.05, 0.1) is 14.2 Å². The van der Waals surface area contributed by atoms with Crippen molar-refractivity contribution in [1.82, 2.24) is 0 Å². The van der Waals surface area contributed by atoms with Crippen molar-refractivity contribution >= 4 is 11.9 Å². The SMILES string of the molecule is COC(=O)[C@@H]1CC=CC[C@]12OC(=O)C(OCc1ccccc1)=C2OC. The normalized spacial score (nSPS) is 25.0. The van der Waals surface area contributed by atoms with E-state index in [0.717, 1.165) is 5.56 Å². The topological polar surface area (TPSA) is 71.1 Å². The molecule has 1 aromatic carbocycles. The number of benzene rings is 1. The molecule has 25 heavy (non-hydrogen) atoms. The van der Waals surface area contributed by atoms with Crippen LogP contribution in [0, 0.1) is 5.92 Å². The van der Waals surface area contributed by atoms with Gasteiger partial charge < -0.3 is 18.9 Å². The van der Waals surface area contributed by atoms with Gasteiger partial charge in [-0.05, 0) is 12.0 Å². The molecular weight excluding hydrogens is 324 g/mol. The molecule has 0 fully saturated rings. The van der Waals surface area contributed by atoms with Crippen molar-refractivity contribution in [2.24, 2.45) is 5.92 Å². The Kier molecular flexibility index (Phi) is 4.79. The molecule has 1 aliphatic carbocycles. The molecule has 0 N–H and O–H groups in total. The van der Waals surface area contributed by atoms with Gasteiger partial charge in [0.25, 0.3) is 0 Å². The molecule has 2 atom stereocenters. The standard InChI is InChI=1S/C19H20O6/c1-22-16-15(24-12-13-8-4-3-5-9-13)18(21)25-19(16)11-7-6-10-14(19)17(20)23-2/h3-9,14H,10-12H2,1-2H3/t14-,19-/m0/s1. The number of hydrogen-bond acceptors (Lipinski definition) is 6. The van der Waals surface area contributed by atoms with E-state index in [1.165, 1.54) is 14.2 Å². The Bertz CT molecular complexity index is 721. The second kappa shape index (κ2) is 7.01.